The number of carbonyl (C=O) groups is 1. The minimum absolute atomic E-state index is 0.0167. The number of hydrogen-bond donors (Lipinski definition) is 1. The number of halogens is 4. The molecule has 1 fully saturated rings. The number of ether oxygens (including phenoxy) is 1. The Morgan fingerprint density at radius 3 is 2.68 bits per heavy atom. The van der Waals surface area contributed by atoms with Crippen molar-refractivity contribution in [2.75, 3.05) is 26.2 Å². The molecule has 0 radical (unpaired) electrons. The zero-order chi connectivity index (χ0) is 20.5. The second-order valence-electron chi connectivity index (χ2n) is 7.57. The fraction of sp³-hybridized carbons (Fsp3) is 0.550. The Morgan fingerprint density at radius 2 is 2.04 bits per heavy atom. The maximum atomic E-state index is 14.7. The fourth-order valence-corrected chi connectivity index (χ4v) is 3.62. The van der Waals surface area contributed by atoms with Crippen molar-refractivity contribution in [3.63, 3.8) is 0 Å². The first-order chi connectivity index (χ1) is 13.1. The van der Waals surface area contributed by atoms with E-state index >= 15 is 0 Å². The summed E-state index contributed by atoms with van der Waals surface area (Å²) in [5, 5.41) is 8.96. The number of hydrogen-bond acceptors (Lipinski definition) is 3. The van der Waals surface area contributed by atoms with Crippen molar-refractivity contribution in [2.24, 2.45) is 11.8 Å². The molecule has 0 unspecified atom stereocenters. The van der Waals surface area contributed by atoms with E-state index in [1.54, 1.807) is 6.07 Å². The third-order valence-corrected chi connectivity index (χ3v) is 5.30. The van der Waals surface area contributed by atoms with Crippen molar-refractivity contribution in [1.82, 2.24) is 4.90 Å². The van der Waals surface area contributed by atoms with Gasteiger partial charge >= 0.3 is 12.1 Å². The zero-order valence-corrected chi connectivity index (χ0v) is 15.6. The van der Waals surface area contributed by atoms with Gasteiger partial charge in [-0.3, -0.25) is 9.69 Å². The van der Waals surface area contributed by atoms with Crippen LogP contribution in [-0.4, -0.2) is 48.4 Å². The first-order valence-corrected chi connectivity index (χ1v) is 9.30. The number of alkyl halides is 3. The van der Waals surface area contributed by atoms with Gasteiger partial charge in [0.25, 0.3) is 0 Å². The minimum atomic E-state index is -4.24. The summed E-state index contributed by atoms with van der Waals surface area (Å²) in [6, 6.07) is 3.18. The highest BCUT2D eigenvalue weighted by atomic mass is 19.4. The Balaban J connectivity index is 1.63. The maximum Gasteiger partial charge on any atom is 0.389 e. The topological polar surface area (TPSA) is 49.8 Å². The van der Waals surface area contributed by atoms with E-state index < -0.39 is 24.4 Å². The Bertz CT molecular complexity index is 769. The van der Waals surface area contributed by atoms with Crippen molar-refractivity contribution < 1.29 is 32.2 Å². The third kappa shape index (κ3) is 4.84. The average Bonchev–Trinajstić information content (AvgIpc) is 2.56. The van der Waals surface area contributed by atoms with Gasteiger partial charge < -0.3 is 9.84 Å². The molecule has 1 saturated heterocycles. The Morgan fingerprint density at radius 1 is 1.32 bits per heavy atom. The summed E-state index contributed by atoms with van der Waals surface area (Å²) in [5.41, 5.74) is 2.37. The summed E-state index contributed by atoms with van der Waals surface area (Å²) in [7, 11) is 0. The van der Waals surface area contributed by atoms with E-state index in [0.29, 0.717) is 31.6 Å². The molecule has 1 atom stereocenters. The molecule has 2 aliphatic rings. The average molecular weight is 401 g/mol. The highest BCUT2D eigenvalue weighted by Gasteiger charge is 2.34. The lowest BCUT2D eigenvalue weighted by atomic mass is 9.83. The van der Waals surface area contributed by atoms with E-state index in [2.05, 4.69) is 4.90 Å². The summed E-state index contributed by atoms with van der Waals surface area (Å²) in [6.45, 7) is 3.49. The number of aliphatic carboxylic acids is 1. The van der Waals surface area contributed by atoms with Crippen LogP contribution in [0.15, 0.2) is 17.7 Å². The van der Waals surface area contributed by atoms with E-state index in [1.807, 2.05) is 13.0 Å². The molecule has 1 heterocycles. The second kappa shape index (κ2) is 8.11. The van der Waals surface area contributed by atoms with Crippen molar-refractivity contribution in [2.45, 2.75) is 32.4 Å². The molecule has 3 rings (SSSR count). The summed E-state index contributed by atoms with van der Waals surface area (Å²) in [4.78, 5) is 13.0. The Labute approximate surface area is 160 Å². The van der Waals surface area contributed by atoms with Crippen LogP contribution in [0.1, 0.15) is 30.9 Å². The maximum absolute atomic E-state index is 14.7. The van der Waals surface area contributed by atoms with Gasteiger partial charge in [-0.1, -0.05) is 24.6 Å². The third-order valence-electron chi connectivity index (χ3n) is 5.30. The molecule has 1 aromatic rings. The smallest absolute Gasteiger partial charge is 0.389 e. The van der Waals surface area contributed by atoms with Crippen LogP contribution in [0.3, 0.4) is 0 Å². The number of nitrogens with zero attached hydrogens (tertiary/aromatic N) is 1. The van der Waals surface area contributed by atoms with Gasteiger partial charge in [-0.15, -0.1) is 0 Å². The molecule has 0 bridgehead atoms. The molecule has 1 aromatic carbocycles. The predicted octanol–water partition coefficient (Wildman–Crippen LogP) is 4.14. The standard InChI is InChI=1S/C20H23F4NO3/c1-12-7-16-13(8-14(12)9-25-10-15(11-25)19(26)27)3-4-17(18(16)21)28-6-2-5-20(22,23)24/h3-4,8,12,15H,2,5-7,9-11H2,1H3,(H,26,27)/t12-/m1/s1. The molecule has 0 amide bonds. The molecule has 1 aliphatic carbocycles. The normalized spacial score (nSPS) is 20.3. The van der Waals surface area contributed by atoms with Crippen LogP contribution in [0.2, 0.25) is 0 Å². The van der Waals surface area contributed by atoms with Crippen LogP contribution in [0, 0.1) is 17.7 Å². The summed E-state index contributed by atoms with van der Waals surface area (Å²) >= 11 is 0. The molecule has 4 nitrogen and oxygen atoms in total. The number of benzene rings is 1. The monoisotopic (exact) mass is 401 g/mol. The number of fused-ring (bicyclic) bond motifs is 1. The van der Waals surface area contributed by atoms with E-state index in [-0.39, 0.29) is 30.6 Å². The summed E-state index contributed by atoms with van der Waals surface area (Å²) < 4.78 is 56.5. The van der Waals surface area contributed by atoms with Crippen molar-refractivity contribution >= 4 is 12.0 Å². The molecule has 0 saturated carbocycles. The van der Waals surface area contributed by atoms with Crippen LogP contribution >= 0.6 is 0 Å². The Hall–Kier alpha value is -2.09. The summed E-state index contributed by atoms with van der Waals surface area (Å²) in [6.07, 6.45) is -3.01. The van der Waals surface area contributed by atoms with Crippen LogP contribution in [0.4, 0.5) is 17.6 Å². The zero-order valence-electron chi connectivity index (χ0n) is 15.6. The van der Waals surface area contributed by atoms with Gasteiger partial charge in [0.05, 0.1) is 12.5 Å². The molecule has 1 aliphatic heterocycles. The second-order valence-corrected chi connectivity index (χ2v) is 7.57. The lowest BCUT2D eigenvalue weighted by Crippen LogP contribution is -2.51. The van der Waals surface area contributed by atoms with Crippen LogP contribution in [-0.2, 0) is 11.2 Å². The lowest BCUT2D eigenvalue weighted by Gasteiger charge is -2.38. The quantitative estimate of drug-likeness (QED) is 0.551. The van der Waals surface area contributed by atoms with E-state index in [0.717, 1.165) is 11.1 Å². The van der Waals surface area contributed by atoms with Gasteiger partial charge in [0.2, 0.25) is 0 Å². The molecule has 28 heavy (non-hydrogen) atoms. The molecular formula is C20H23F4NO3. The highest BCUT2D eigenvalue weighted by Crippen LogP contribution is 2.35. The van der Waals surface area contributed by atoms with Gasteiger partial charge in [0, 0.05) is 26.1 Å². The number of rotatable bonds is 7. The number of carboxylic acid groups (broad SMARTS) is 1. The van der Waals surface area contributed by atoms with Gasteiger partial charge in [-0.05, 0) is 36.0 Å². The van der Waals surface area contributed by atoms with E-state index in [4.69, 9.17) is 9.84 Å². The lowest BCUT2D eigenvalue weighted by molar-refractivity contribution is -0.147. The summed E-state index contributed by atoms with van der Waals surface area (Å²) in [5.74, 6) is -1.54. The van der Waals surface area contributed by atoms with Gasteiger partial charge in [-0.25, -0.2) is 4.39 Å². The first-order valence-electron chi connectivity index (χ1n) is 9.30. The Kier molecular flexibility index (Phi) is 5.98. The van der Waals surface area contributed by atoms with E-state index in [1.165, 1.54) is 6.07 Å². The largest absolute Gasteiger partial charge is 0.491 e. The molecule has 0 spiro atoms. The van der Waals surface area contributed by atoms with E-state index in [9.17, 15) is 22.4 Å². The van der Waals surface area contributed by atoms with Crippen molar-refractivity contribution in [3.05, 3.63) is 34.6 Å². The van der Waals surface area contributed by atoms with Gasteiger partial charge in [0.1, 0.15) is 0 Å². The van der Waals surface area contributed by atoms with Crippen LogP contribution in [0.25, 0.3) is 6.08 Å². The molecule has 8 heteroatoms. The number of carboxylic acids is 1. The van der Waals surface area contributed by atoms with Crippen molar-refractivity contribution in [1.29, 1.82) is 0 Å². The highest BCUT2D eigenvalue weighted by molar-refractivity contribution is 5.71. The number of likely N-dealkylation sites (tertiary alicyclic amines) is 1. The first kappa shape index (κ1) is 20.6. The van der Waals surface area contributed by atoms with Crippen molar-refractivity contribution in [3.8, 4) is 5.75 Å². The predicted molar refractivity (Wildman–Crippen MR) is 95.6 cm³/mol. The van der Waals surface area contributed by atoms with Crippen LogP contribution < -0.4 is 4.74 Å². The molecule has 0 aromatic heterocycles. The van der Waals surface area contributed by atoms with Gasteiger partial charge in [-0.2, -0.15) is 13.2 Å². The molecule has 154 valence electrons. The fourth-order valence-electron chi connectivity index (χ4n) is 3.62. The molecule has 1 N–H and O–H groups in total. The van der Waals surface area contributed by atoms with Crippen LogP contribution in [0.5, 0.6) is 5.75 Å². The van der Waals surface area contributed by atoms with Gasteiger partial charge in [0.15, 0.2) is 11.6 Å². The minimum Gasteiger partial charge on any atom is -0.491 e. The SMILES string of the molecule is C[C@@H]1Cc2c(ccc(OCCCC(F)(F)F)c2F)C=C1CN1CC(C(=O)O)C1. The molecular weight excluding hydrogens is 378 g/mol.